The van der Waals surface area contributed by atoms with Gasteiger partial charge in [0.1, 0.15) is 5.82 Å². The number of halogens is 2. The van der Waals surface area contributed by atoms with Gasteiger partial charge in [0.05, 0.1) is 12.7 Å². The smallest absolute Gasteiger partial charge is 0.124 e. The summed E-state index contributed by atoms with van der Waals surface area (Å²) in [5, 5.41) is 4.91. The molecule has 0 bridgehead atoms. The van der Waals surface area contributed by atoms with Crippen LogP contribution in [0.3, 0.4) is 0 Å². The highest BCUT2D eigenvalue weighted by molar-refractivity contribution is 9.10. The van der Waals surface area contributed by atoms with E-state index in [0.717, 1.165) is 15.6 Å². The van der Waals surface area contributed by atoms with Crippen molar-refractivity contribution < 1.29 is 0 Å². The molecular weight excluding hydrogens is 289 g/mol. The predicted octanol–water partition coefficient (Wildman–Crippen LogP) is 3.24. The quantitative estimate of drug-likeness (QED) is 0.925. The van der Waals surface area contributed by atoms with Gasteiger partial charge in [-0.2, -0.15) is 5.10 Å². The van der Waals surface area contributed by atoms with Crippen LogP contribution >= 0.6 is 27.5 Å². The highest BCUT2D eigenvalue weighted by atomic mass is 79.9. The lowest BCUT2D eigenvalue weighted by Crippen LogP contribution is -2.06. The zero-order valence-electron chi connectivity index (χ0n) is 8.74. The van der Waals surface area contributed by atoms with Crippen LogP contribution in [0, 0.1) is 6.92 Å². The van der Waals surface area contributed by atoms with Gasteiger partial charge in [-0.1, -0.05) is 33.6 Å². The molecule has 0 unspecified atom stereocenters. The summed E-state index contributed by atoms with van der Waals surface area (Å²) in [5.74, 6) is 0.680. The molecule has 1 aromatic carbocycles. The second-order valence-corrected chi connectivity index (χ2v) is 4.93. The first-order chi connectivity index (χ1) is 7.58. The third-order valence-electron chi connectivity index (χ3n) is 2.41. The summed E-state index contributed by atoms with van der Waals surface area (Å²) in [4.78, 5) is 0. The van der Waals surface area contributed by atoms with E-state index in [1.165, 1.54) is 0 Å². The standard InChI is InChI=1S/C11H11BrClN3/c1-7-5-15-16(11(7)14)6-8-2-3-9(12)4-10(8)13/h2-5H,6,14H2,1H3. The Bertz CT molecular complexity index is 522. The summed E-state index contributed by atoms with van der Waals surface area (Å²) < 4.78 is 2.70. The number of aromatic nitrogens is 2. The number of rotatable bonds is 2. The van der Waals surface area contributed by atoms with Crippen molar-refractivity contribution >= 4 is 33.3 Å². The molecule has 0 saturated heterocycles. The van der Waals surface area contributed by atoms with E-state index in [0.29, 0.717) is 17.4 Å². The summed E-state index contributed by atoms with van der Waals surface area (Å²) >= 11 is 9.50. The second kappa shape index (κ2) is 4.47. The molecule has 0 aliphatic carbocycles. The largest absolute Gasteiger partial charge is 0.384 e. The average Bonchev–Trinajstić information content (AvgIpc) is 2.54. The van der Waals surface area contributed by atoms with E-state index < -0.39 is 0 Å². The SMILES string of the molecule is Cc1cnn(Cc2ccc(Br)cc2Cl)c1N. The first-order valence-corrected chi connectivity index (χ1v) is 5.97. The Kier molecular flexibility index (Phi) is 3.21. The lowest BCUT2D eigenvalue weighted by molar-refractivity contribution is 0.697. The molecule has 1 aromatic heterocycles. The number of anilines is 1. The number of benzene rings is 1. The van der Waals surface area contributed by atoms with Gasteiger partial charge >= 0.3 is 0 Å². The van der Waals surface area contributed by atoms with Gasteiger partial charge in [0, 0.05) is 15.1 Å². The maximum atomic E-state index is 6.13. The predicted molar refractivity (Wildman–Crippen MR) is 69.6 cm³/mol. The van der Waals surface area contributed by atoms with Crippen molar-refractivity contribution in [2.75, 3.05) is 5.73 Å². The van der Waals surface area contributed by atoms with E-state index in [-0.39, 0.29) is 0 Å². The molecule has 3 nitrogen and oxygen atoms in total. The molecule has 0 fully saturated rings. The topological polar surface area (TPSA) is 43.8 Å². The highest BCUT2D eigenvalue weighted by Gasteiger charge is 2.06. The summed E-state index contributed by atoms with van der Waals surface area (Å²) in [5.41, 5.74) is 7.86. The summed E-state index contributed by atoms with van der Waals surface area (Å²) in [7, 11) is 0. The van der Waals surface area contributed by atoms with Crippen LogP contribution < -0.4 is 5.73 Å². The van der Waals surface area contributed by atoms with Crippen LogP contribution in [0.4, 0.5) is 5.82 Å². The van der Waals surface area contributed by atoms with Crippen LogP contribution in [0.25, 0.3) is 0 Å². The average molecular weight is 301 g/mol. The van der Waals surface area contributed by atoms with Gasteiger partial charge in [0.25, 0.3) is 0 Å². The molecule has 84 valence electrons. The molecule has 2 aromatic rings. The van der Waals surface area contributed by atoms with Gasteiger partial charge in [0.2, 0.25) is 0 Å². The third kappa shape index (κ3) is 2.23. The van der Waals surface area contributed by atoms with Crippen molar-refractivity contribution in [1.82, 2.24) is 9.78 Å². The van der Waals surface area contributed by atoms with Gasteiger partial charge in [-0.05, 0) is 24.6 Å². The van der Waals surface area contributed by atoms with E-state index in [1.807, 2.05) is 25.1 Å². The summed E-state index contributed by atoms with van der Waals surface area (Å²) in [6.45, 7) is 2.52. The Labute approximate surface area is 107 Å². The minimum absolute atomic E-state index is 0.589. The fraction of sp³-hybridized carbons (Fsp3) is 0.182. The van der Waals surface area contributed by atoms with E-state index in [4.69, 9.17) is 17.3 Å². The molecule has 2 N–H and O–H groups in total. The number of nitrogen functional groups attached to an aromatic ring is 1. The molecule has 5 heteroatoms. The van der Waals surface area contributed by atoms with Crippen LogP contribution in [0.15, 0.2) is 28.9 Å². The maximum absolute atomic E-state index is 6.13. The van der Waals surface area contributed by atoms with Crippen LogP contribution in [-0.4, -0.2) is 9.78 Å². The zero-order valence-corrected chi connectivity index (χ0v) is 11.1. The molecule has 0 amide bonds. The molecule has 2 rings (SSSR count). The minimum atomic E-state index is 0.589. The van der Waals surface area contributed by atoms with E-state index in [9.17, 15) is 0 Å². The molecule has 16 heavy (non-hydrogen) atoms. The lowest BCUT2D eigenvalue weighted by atomic mass is 10.2. The zero-order chi connectivity index (χ0) is 11.7. The van der Waals surface area contributed by atoms with Gasteiger partial charge in [-0.25, -0.2) is 4.68 Å². The first kappa shape index (κ1) is 11.5. The van der Waals surface area contributed by atoms with Crippen molar-refractivity contribution in [2.24, 2.45) is 0 Å². The van der Waals surface area contributed by atoms with Crippen LogP contribution in [0.2, 0.25) is 5.02 Å². The molecule has 0 radical (unpaired) electrons. The van der Waals surface area contributed by atoms with Gasteiger partial charge in [-0.3, -0.25) is 0 Å². The Hall–Kier alpha value is -1.00. The number of aryl methyl sites for hydroxylation is 1. The Morgan fingerprint density at radius 1 is 1.50 bits per heavy atom. The first-order valence-electron chi connectivity index (χ1n) is 4.79. The van der Waals surface area contributed by atoms with Crippen LogP contribution in [0.1, 0.15) is 11.1 Å². The molecule has 0 aliphatic rings. The summed E-state index contributed by atoms with van der Waals surface area (Å²) in [6, 6.07) is 5.78. The number of nitrogens with two attached hydrogens (primary N) is 1. The molecule has 0 spiro atoms. The van der Waals surface area contributed by atoms with E-state index in [2.05, 4.69) is 21.0 Å². The number of hydrogen-bond acceptors (Lipinski definition) is 2. The number of hydrogen-bond donors (Lipinski definition) is 1. The Balaban J connectivity index is 2.30. The van der Waals surface area contributed by atoms with Crippen LogP contribution in [-0.2, 0) is 6.54 Å². The fourth-order valence-corrected chi connectivity index (χ4v) is 2.16. The molecule has 0 saturated carbocycles. The number of nitrogens with zero attached hydrogens (tertiary/aromatic N) is 2. The van der Waals surface area contributed by atoms with Crippen LogP contribution in [0.5, 0.6) is 0 Å². The second-order valence-electron chi connectivity index (χ2n) is 3.61. The summed E-state index contributed by atoms with van der Waals surface area (Å²) in [6.07, 6.45) is 1.75. The monoisotopic (exact) mass is 299 g/mol. The molecule has 0 aliphatic heterocycles. The van der Waals surface area contributed by atoms with Crippen molar-refractivity contribution in [3.05, 3.63) is 45.0 Å². The third-order valence-corrected chi connectivity index (χ3v) is 3.25. The van der Waals surface area contributed by atoms with E-state index in [1.54, 1.807) is 10.9 Å². The minimum Gasteiger partial charge on any atom is -0.384 e. The Morgan fingerprint density at radius 2 is 2.25 bits per heavy atom. The van der Waals surface area contributed by atoms with Gasteiger partial charge < -0.3 is 5.73 Å². The highest BCUT2D eigenvalue weighted by Crippen LogP contribution is 2.23. The molecule has 1 heterocycles. The van der Waals surface area contributed by atoms with Gasteiger partial charge in [-0.15, -0.1) is 0 Å². The fourth-order valence-electron chi connectivity index (χ4n) is 1.43. The Morgan fingerprint density at radius 3 is 2.81 bits per heavy atom. The lowest BCUT2D eigenvalue weighted by Gasteiger charge is -2.07. The van der Waals surface area contributed by atoms with Crippen molar-refractivity contribution in [2.45, 2.75) is 13.5 Å². The van der Waals surface area contributed by atoms with E-state index >= 15 is 0 Å². The van der Waals surface area contributed by atoms with Crippen molar-refractivity contribution in [3.63, 3.8) is 0 Å². The van der Waals surface area contributed by atoms with Crippen molar-refractivity contribution in [3.8, 4) is 0 Å². The maximum Gasteiger partial charge on any atom is 0.124 e. The van der Waals surface area contributed by atoms with Crippen molar-refractivity contribution in [1.29, 1.82) is 0 Å². The molecular formula is C11H11BrClN3. The molecule has 0 atom stereocenters. The normalized spacial score (nSPS) is 10.7. The van der Waals surface area contributed by atoms with Gasteiger partial charge in [0.15, 0.2) is 0 Å².